The van der Waals surface area contributed by atoms with Crippen LogP contribution in [0.4, 0.5) is 13.2 Å². The molecule has 0 aliphatic carbocycles. The normalized spacial score (nSPS) is 11.4. The highest BCUT2D eigenvalue weighted by Crippen LogP contribution is 2.34. The fourth-order valence-electron chi connectivity index (χ4n) is 1.92. The fourth-order valence-corrected chi connectivity index (χ4v) is 1.92. The lowest BCUT2D eigenvalue weighted by atomic mass is 10.1. The number of hydrogen-bond donors (Lipinski definition) is 0. The number of aryl methyl sites for hydroxylation is 1. The summed E-state index contributed by atoms with van der Waals surface area (Å²) < 4.78 is 44.9. The van der Waals surface area contributed by atoms with Gasteiger partial charge in [-0.15, -0.1) is 0 Å². The number of rotatable bonds is 4. The Morgan fingerprint density at radius 2 is 1.95 bits per heavy atom. The maximum absolute atomic E-state index is 14.0. The SMILES string of the molecule is Cc1cn(C(C)C)nc1-c1c(F)cccc1OC(F)F. The van der Waals surface area contributed by atoms with E-state index in [1.807, 2.05) is 13.8 Å². The topological polar surface area (TPSA) is 27.1 Å². The number of nitrogens with zero attached hydrogens (tertiary/aromatic N) is 2. The van der Waals surface area contributed by atoms with E-state index in [9.17, 15) is 13.2 Å². The largest absolute Gasteiger partial charge is 0.434 e. The van der Waals surface area contributed by atoms with Crippen LogP contribution >= 0.6 is 0 Å². The Balaban J connectivity index is 2.56. The number of hydrogen-bond acceptors (Lipinski definition) is 2. The summed E-state index contributed by atoms with van der Waals surface area (Å²) in [5.41, 5.74) is 0.972. The quantitative estimate of drug-likeness (QED) is 0.842. The van der Waals surface area contributed by atoms with Crippen LogP contribution in [0.3, 0.4) is 0 Å². The molecule has 6 heteroatoms. The van der Waals surface area contributed by atoms with Crippen molar-refractivity contribution in [1.29, 1.82) is 0 Å². The molecule has 2 aromatic rings. The molecular weight excluding hydrogens is 269 g/mol. The van der Waals surface area contributed by atoms with Crippen LogP contribution in [0, 0.1) is 12.7 Å². The molecule has 2 rings (SSSR count). The number of alkyl halides is 2. The van der Waals surface area contributed by atoms with Crippen molar-refractivity contribution in [1.82, 2.24) is 9.78 Å². The van der Waals surface area contributed by atoms with Gasteiger partial charge < -0.3 is 4.74 Å². The summed E-state index contributed by atoms with van der Waals surface area (Å²) in [6, 6.07) is 3.92. The molecule has 0 radical (unpaired) electrons. The van der Waals surface area contributed by atoms with Gasteiger partial charge in [0, 0.05) is 12.2 Å². The smallest absolute Gasteiger partial charge is 0.387 e. The minimum atomic E-state index is -3.01. The monoisotopic (exact) mass is 284 g/mol. The van der Waals surface area contributed by atoms with Gasteiger partial charge in [0.25, 0.3) is 0 Å². The second-order valence-electron chi connectivity index (χ2n) is 4.73. The molecule has 1 aromatic carbocycles. The zero-order valence-electron chi connectivity index (χ0n) is 11.4. The van der Waals surface area contributed by atoms with Crippen LogP contribution in [0.15, 0.2) is 24.4 Å². The highest BCUT2D eigenvalue weighted by molar-refractivity contribution is 5.70. The number of halogens is 3. The molecule has 0 N–H and O–H groups in total. The fraction of sp³-hybridized carbons (Fsp3) is 0.357. The van der Waals surface area contributed by atoms with Gasteiger partial charge in [-0.25, -0.2) is 4.39 Å². The van der Waals surface area contributed by atoms with Crippen LogP contribution in [0.2, 0.25) is 0 Å². The molecule has 0 bridgehead atoms. The first kappa shape index (κ1) is 14.4. The second-order valence-corrected chi connectivity index (χ2v) is 4.73. The van der Waals surface area contributed by atoms with E-state index in [-0.39, 0.29) is 17.4 Å². The summed E-state index contributed by atoms with van der Waals surface area (Å²) in [6.07, 6.45) is 1.75. The summed E-state index contributed by atoms with van der Waals surface area (Å²) in [5, 5.41) is 4.26. The Kier molecular flexibility index (Phi) is 4.01. The summed E-state index contributed by atoms with van der Waals surface area (Å²) in [6.45, 7) is 2.59. The molecule has 108 valence electrons. The Morgan fingerprint density at radius 1 is 1.25 bits per heavy atom. The lowest BCUT2D eigenvalue weighted by molar-refractivity contribution is -0.0495. The van der Waals surface area contributed by atoms with Crippen LogP contribution in [0.1, 0.15) is 25.5 Å². The van der Waals surface area contributed by atoms with Gasteiger partial charge in [-0.2, -0.15) is 13.9 Å². The molecule has 0 unspecified atom stereocenters. The van der Waals surface area contributed by atoms with Gasteiger partial charge in [0.15, 0.2) is 0 Å². The number of ether oxygens (including phenoxy) is 1. The van der Waals surface area contributed by atoms with Gasteiger partial charge in [-0.05, 0) is 38.5 Å². The first-order valence-electron chi connectivity index (χ1n) is 6.19. The Bertz CT molecular complexity index is 608. The molecule has 0 aliphatic rings. The predicted octanol–water partition coefficient (Wildman–Crippen LogP) is 4.18. The first-order chi connectivity index (χ1) is 9.40. The standard InChI is InChI=1S/C14H15F3N2O/c1-8(2)19-7-9(3)13(18-19)12-10(15)5-4-6-11(12)20-14(16)17/h4-8,14H,1-3H3. The molecule has 0 spiro atoms. The van der Waals surface area contributed by atoms with Crippen molar-refractivity contribution < 1.29 is 17.9 Å². The minimum Gasteiger partial charge on any atom is -0.434 e. The van der Waals surface area contributed by atoms with E-state index in [0.717, 1.165) is 0 Å². The second kappa shape index (κ2) is 5.56. The van der Waals surface area contributed by atoms with Crippen molar-refractivity contribution in [3.8, 4) is 17.0 Å². The third-order valence-electron chi connectivity index (χ3n) is 2.87. The zero-order chi connectivity index (χ0) is 14.9. The highest BCUT2D eigenvalue weighted by atomic mass is 19.3. The molecule has 0 atom stereocenters. The van der Waals surface area contributed by atoms with Gasteiger partial charge in [0.2, 0.25) is 0 Å². The molecule has 0 amide bonds. The van der Waals surface area contributed by atoms with Crippen molar-refractivity contribution >= 4 is 0 Å². The van der Waals surface area contributed by atoms with Crippen molar-refractivity contribution in [3.05, 3.63) is 35.8 Å². The lowest BCUT2D eigenvalue weighted by Gasteiger charge is -2.10. The van der Waals surface area contributed by atoms with Gasteiger partial charge in [0.05, 0.1) is 5.56 Å². The van der Waals surface area contributed by atoms with Crippen molar-refractivity contribution in [2.24, 2.45) is 0 Å². The van der Waals surface area contributed by atoms with Crippen molar-refractivity contribution in [2.75, 3.05) is 0 Å². The van der Waals surface area contributed by atoms with Crippen LogP contribution in [-0.2, 0) is 0 Å². The lowest BCUT2D eigenvalue weighted by Crippen LogP contribution is -2.05. The van der Waals surface area contributed by atoms with Crippen molar-refractivity contribution in [2.45, 2.75) is 33.4 Å². The van der Waals surface area contributed by atoms with Crippen LogP contribution in [-0.4, -0.2) is 16.4 Å². The number of benzene rings is 1. The van der Waals surface area contributed by atoms with Crippen LogP contribution in [0.25, 0.3) is 11.3 Å². The molecule has 0 fully saturated rings. The molecule has 0 saturated heterocycles. The average Bonchev–Trinajstić information content (AvgIpc) is 2.71. The van der Waals surface area contributed by atoms with E-state index >= 15 is 0 Å². The van der Waals surface area contributed by atoms with Gasteiger partial charge in [-0.3, -0.25) is 4.68 Å². The average molecular weight is 284 g/mol. The van der Waals surface area contributed by atoms with Crippen molar-refractivity contribution in [3.63, 3.8) is 0 Å². The summed E-state index contributed by atoms with van der Waals surface area (Å²) in [5.74, 6) is -0.850. The third-order valence-corrected chi connectivity index (χ3v) is 2.87. The molecule has 20 heavy (non-hydrogen) atoms. The van der Waals surface area contributed by atoms with E-state index in [0.29, 0.717) is 11.3 Å². The van der Waals surface area contributed by atoms with E-state index in [1.165, 1.54) is 18.2 Å². The molecule has 1 aromatic heterocycles. The van der Waals surface area contributed by atoms with Crippen LogP contribution < -0.4 is 4.74 Å². The van der Waals surface area contributed by atoms with Gasteiger partial charge in [-0.1, -0.05) is 6.07 Å². The highest BCUT2D eigenvalue weighted by Gasteiger charge is 2.20. The first-order valence-corrected chi connectivity index (χ1v) is 6.19. The molecule has 3 nitrogen and oxygen atoms in total. The van der Waals surface area contributed by atoms with E-state index in [1.54, 1.807) is 17.8 Å². The third kappa shape index (κ3) is 2.79. The zero-order valence-corrected chi connectivity index (χ0v) is 11.4. The molecular formula is C14H15F3N2O. The summed E-state index contributed by atoms with van der Waals surface area (Å²) >= 11 is 0. The van der Waals surface area contributed by atoms with Gasteiger partial charge >= 0.3 is 6.61 Å². The maximum Gasteiger partial charge on any atom is 0.387 e. The Hall–Kier alpha value is -1.98. The Morgan fingerprint density at radius 3 is 2.50 bits per heavy atom. The minimum absolute atomic E-state index is 0.0373. The van der Waals surface area contributed by atoms with E-state index in [2.05, 4.69) is 9.84 Å². The molecule has 0 saturated carbocycles. The number of aromatic nitrogens is 2. The summed E-state index contributed by atoms with van der Waals surface area (Å²) in [7, 11) is 0. The van der Waals surface area contributed by atoms with Gasteiger partial charge in [0.1, 0.15) is 17.3 Å². The predicted molar refractivity (Wildman–Crippen MR) is 69.4 cm³/mol. The summed E-state index contributed by atoms with van der Waals surface area (Å²) in [4.78, 5) is 0. The Labute approximate surface area is 115 Å². The van der Waals surface area contributed by atoms with Crippen LogP contribution in [0.5, 0.6) is 5.75 Å². The van der Waals surface area contributed by atoms with E-state index < -0.39 is 12.4 Å². The van der Waals surface area contributed by atoms with E-state index in [4.69, 9.17) is 0 Å². The molecule has 0 aliphatic heterocycles. The molecule has 1 heterocycles. The maximum atomic E-state index is 14.0.